The Balaban J connectivity index is 2.21. The summed E-state index contributed by atoms with van der Waals surface area (Å²) in [6.45, 7) is 5.56. The molecule has 1 saturated heterocycles. The summed E-state index contributed by atoms with van der Waals surface area (Å²) >= 11 is 0. The van der Waals surface area contributed by atoms with Crippen LogP contribution >= 0.6 is 0 Å². The molecule has 1 unspecified atom stereocenters. The van der Waals surface area contributed by atoms with E-state index in [0.29, 0.717) is 17.5 Å². The molecule has 140 valence electrons. The molecule has 0 radical (unpaired) electrons. The molecule has 0 N–H and O–H groups in total. The fraction of sp³-hybridized carbons (Fsp3) is 0.350. The van der Waals surface area contributed by atoms with E-state index in [4.69, 9.17) is 9.31 Å². The molecular weight excluding hydrogens is 354 g/mol. The Labute approximate surface area is 156 Å². The van der Waals surface area contributed by atoms with Gasteiger partial charge in [-0.15, -0.1) is 0 Å². The van der Waals surface area contributed by atoms with Crippen molar-refractivity contribution in [3.05, 3.63) is 53.6 Å². The van der Waals surface area contributed by atoms with E-state index < -0.39 is 30.0 Å². The number of benzene rings is 2. The highest BCUT2D eigenvalue weighted by Gasteiger charge is 2.43. The van der Waals surface area contributed by atoms with Gasteiger partial charge < -0.3 is 9.31 Å². The average molecular weight is 373 g/mol. The van der Waals surface area contributed by atoms with E-state index in [2.05, 4.69) is 0 Å². The molecule has 7 heteroatoms. The predicted molar refractivity (Wildman–Crippen MR) is 97.3 cm³/mol. The van der Waals surface area contributed by atoms with Gasteiger partial charge in [0, 0.05) is 11.6 Å². The molecule has 0 spiro atoms. The highest BCUT2D eigenvalue weighted by atomic mass is 19.4. The van der Waals surface area contributed by atoms with Gasteiger partial charge in [-0.3, -0.25) is 0 Å². The van der Waals surface area contributed by atoms with Crippen molar-refractivity contribution in [3.63, 3.8) is 0 Å². The monoisotopic (exact) mass is 373 g/mol. The Morgan fingerprint density at radius 3 is 2.37 bits per heavy atom. The van der Waals surface area contributed by atoms with Gasteiger partial charge in [0.2, 0.25) is 0 Å². The van der Waals surface area contributed by atoms with Gasteiger partial charge in [0.25, 0.3) is 0 Å². The quantitative estimate of drug-likeness (QED) is 0.726. The summed E-state index contributed by atoms with van der Waals surface area (Å²) in [6.07, 6.45) is -4.27. The number of nitriles is 1. The molecule has 0 saturated carbocycles. The van der Waals surface area contributed by atoms with Gasteiger partial charge in [0.1, 0.15) is 0 Å². The van der Waals surface area contributed by atoms with Crippen molar-refractivity contribution in [2.45, 2.75) is 45.1 Å². The molecule has 3 rings (SSSR count). The molecule has 3 nitrogen and oxygen atoms in total. The van der Waals surface area contributed by atoms with Crippen molar-refractivity contribution in [2.24, 2.45) is 0 Å². The maximum Gasteiger partial charge on any atom is 0.495 e. The number of alkyl halides is 3. The fourth-order valence-corrected chi connectivity index (χ4v) is 3.45. The van der Waals surface area contributed by atoms with Crippen LogP contribution in [0.25, 0.3) is 11.1 Å². The second-order valence-corrected chi connectivity index (χ2v) is 7.32. The van der Waals surface area contributed by atoms with Crippen molar-refractivity contribution in [1.29, 1.82) is 5.26 Å². The SMILES string of the molecule is CC1CC(C)(C)OB(c2cc(-c3ccccc3)cc(C(F)(F)F)c2C#N)O1. The van der Waals surface area contributed by atoms with Crippen molar-refractivity contribution in [2.75, 3.05) is 0 Å². The molecular formula is C20H19BF3NO2. The van der Waals surface area contributed by atoms with Crippen LogP contribution in [0, 0.1) is 11.3 Å². The first-order valence-electron chi connectivity index (χ1n) is 8.64. The third-order valence-corrected chi connectivity index (χ3v) is 4.51. The minimum atomic E-state index is -4.67. The first kappa shape index (κ1) is 19.5. The Bertz CT molecular complexity index is 875. The number of nitrogens with zero attached hydrogens (tertiary/aromatic N) is 1. The van der Waals surface area contributed by atoms with E-state index in [1.807, 2.05) is 20.8 Å². The smallest absolute Gasteiger partial charge is 0.405 e. The average Bonchev–Trinajstić information content (AvgIpc) is 2.58. The molecule has 0 aliphatic carbocycles. The van der Waals surface area contributed by atoms with Crippen LogP contribution < -0.4 is 5.46 Å². The molecule has 1 heterocycles. The highest BCUT2D eigenvalue weighted by molar-refractivity contribution is 6.62. The van der Waals surface area contributed by atoms with Gasteiger partial charge in [-0.25, -0.2) is 0 Å². The van der Waals surface area contributed by atoms with Gasteiger partial charge in [0.05, 0.1) is 22.8 Å². The zero-order chi connectivity index (χ0) is 19.8. The molecule has 0 amide bonds. The van der Waals surface area contributed by atoms with Crippen LogP contribution in [0.1, 0.15) is 38.3 Å². The summed E-state index contributed by atoms with van der Waals surface area (Å²) in [5, 5.41) is 9.49. The van der Waals surface area contributed by atoms with Crippen molar-refractivity contribution in [3.8, 4) is 17.2 Å². The summed E-state index contributed by atoms with van der Waals surface area (Å²) < 4.78 is 52.7. The molecule has 1 aliphatic heterocycles. The highest BCUT2D eigenvalue weighted by Crippen LogP contribution is 2.35. The zero-order valence-corrected chi connectivity index (χ0v) is 15.3. The minimum absolute atomic E-state index is 0.103. The lowest BCUT2D eigenvalue weighted by molar-refractivity contribution is -0.137. The van der Waals surface area contributed by atoms with E-state index in [0.717, 1.165) is 6.07 Å². The van der Waals surface area contributed by atoms with Crippen LogP contribution in [0.3, 0.4) is 0 Å². The van der Waals surface area contributed by atoms with Gasteiger partial charge in [-0.2, -0.15) is 18.4 Å². The summed E-state index contributed by atoms with van der Waals surface area (Å²) in [6, 6.07) is 13.0. The predicted octanol–water partition coefficient (Wildman–Crippen LogP) is 4.54. The largest absolute Gasteiger partial charge is 0.495 e. The second kappa shape index (κ2) is 7.03. The Kier molecular flexibility index (Phi) is 5.07. The topological polar surface area (TPSA) is 42.2 Å². The second-order valence-electron chi connectivity index (χ2n) is 7.32. The van der Waals surface area contributed by atoms with E-state index in [1.165, 1.54) is 0 Å². The molecule has 1 atom stereocenters. The standard InChI is InChI=1S/C20H19BF3NO2/c1-13-11-19(2,3)27-21(26-13)18-10-15(14-7-5-4-6-8-14)9-17(16(18)12-25)20(22,23)24/h4-10,13H,11H2,1-3H3. The Morgan fingerprint density at radius 2 is 1.81 bits per heavy atom. The molecule has 1 aliphatic rings. The van der Waals surface area contributed by atoms with E-state index in [-0.39, 0.29) is 11.6 Å². The lowest BCUT2D eigenvalue weighted by atomic mass is 9.70. The van der Waals surface area contributed by atoms with Crippen LogP contribution in [0.2, 0.25) is 0 Å². The number of rotatable bonds is 2. The number of hydrogen-bond donors (Lipinski definition) is 0. The first-order chi connectivity index (χ1) is 12.6. The molecule has 27 heavy (non-hydrogen) atoms. The third kappa shape index (κ3) is 4.18. The Morgan fingerprint density at radius 1 is 1.15 bits per heavy atom. The van der Waals surface area contributed by atoms with Crippen LogP contribution in [0.15, 0.2) is 42.5 Å². The lowest BCUT2D eigenvalue weighted by Gasteiger charge is -2.38. The minimum Gasteiger partial charge on any atom is -0.405 e. The number of halogens is 3. The molecule has 0 aromatic heterocycles. The lowest BCUT2D eigenvalue weighted by Crippen LogP contribution is -2.52. The van der Waals surface area contributed by atoms with E-state index in [1.54, 1.807) is 42.5 Å². The van der Waals surface area contributed by atoms with Crippen LogP contribution in [-0.4, -0.2) is 18.8 Å². The van der Waals surface area contributed by atoms with E-state index >= 15 is 0 Å². The fourth-order valence-electron chi connectivity index (χ4n) is 3.45. The first-order valence-corrected chi connectivity index (χ1v) is 8.64. The molecule has 2 aromatic rings. The van der Waals surface area contributed by atoms with Crippen LogP contribution in [-0.2, 0) is 15.5 Å². The van der Waals surface area contributed by atoms with Crippen molar-refractivity contribution in [1.82, 2.24) is 0 Å². The molecule has 1 fully saturated rings. The van der Waals surface area contributed by atoms with Crippen molar-refractivity contribution < 1.29 is 22.5 Å². The van der Waals surface area contributed by atoms with E-state index in [9.17, 15) is 18.4 Å². The molecule has 0 bridgehead atoms. The van der Waals surface area contributed by atoms with Crippen LogP contribution in [0.4, 0.5) is 13.2 Å². The summed E-state index contributed by atoms with van der Waals surface area (Å²) in [7, 11) is -1.04. The van der Waals surface area contributed by atoms with Gasteiger partial charge in [0.15, 0.2) is 0 Å². The maximum atomic E-state index is 13.7. The number of hydrogen-bond acceptors (Lipinski definition) is 3. The normalized spacial score (nSPS) is 19.6. The zero-order valence-electron chi connectivity index (χ0n) is 15.3. The van der Waals surface area contributed by atoms with Crippen molar-refractivity contribution >= 4 is 12.6 Å². The molecule has 2 aromatic carbocycles. The third-order valence-electron chi connectivity index (χ3n) is 4.51. The summed E-state index contributed by atoms with van der Waals surface area (Å²) in [5.41, 5.74) is -0.930. The van der Waals surface area contributed by atoms with Gasteiger partial charge in [-0.05, 0) is 44.4 Å². The van der Waals surface area contributed by atoms with Gasteiger partial charge in [-0.1, -0.05) is 36.4 Å². The summed E-state index contributed by atoms with van der Waals surface area (Å²) in [4.78, 5) is 0. The van der Waals surface area contributed by atoms with Crippen LogP contribution in [0.5, 0.6) is 0 Å². The summed E-state index contributed by atoms with van der Waals surface area (Å²) in [5.74, 6) is 0. The Hall–Kier alpha value is -2.30. The maximum absolute atomic E-state index is 13.7. The van der Waals surface area contributed by atoms with Gasteiger partial charge >= 0.3 is 13.3 Å².